The minimum atomic E-state index is 0.0276. The van der Waals surface area contributed by atoms with E-state index in [9.17, 15) is 4.79 Å². The minimum Gasteiger partial charge on any atom is -0.377 e. The lowest BCUT2D eigenvalue weighted by Crippen LogP contribution is -2.38. The van der Waals surface area contributed by atoms with Gasteiger partial charge in [-0.1, -0.05) is 55.5 Å². The maximum Gasteiger partial charge on any atom is 0.238 e. The maximum absolute atomic E-state index is 12.7. The molecule has 1 heterocycles. The van der Waals surface area contributed by atoms with Crippen molar-refractivity contribution in [2.24, 2.45) is 0 Å². The zero-order valence-electron chi connectivity index (χ0n) is 15.5. The van der Waals surface area contributed by atoms with Crippen molar-refractivity contribution in [3.63, 3.8) is 0 Å². The highest BCUT2D eigenvalue weighted by molar-refractivity contribution is 5.93. The van der Waals surface area contributed by atoms with Gasteiger partial charge >= 0.3 is 0 Å². The van der Waals surface area contributed by atoms with E-state index in [2.05, 4.69) is 35.3 Å². The van der Waals surface area contributed by atoms with E-state index in [0.717, 1.165) is 50.2 Å². The molecule has 0 aromatic heterocycles. The predicted molar refractivity (Wildman–Crippen MR) is 105 cm³/mol. The molecule has 1 atom stereocenters. The number of aryl methyl sites for hydroxylation is 1. The monoisotopic (exact) mass is 352 g/mol. The molecule has 0 saturated carbocycles. The summed E-state index contributed by atoms with van der Waals surface area (Å²) in [6.07, 6.45) is 3.32. The van der Waals surface area contributed by atoms with Crippen LogP contribution >= 0.6 is 0 Å². The van der Waals surface area contributed by atoms with Gasteiger partial charge in [-0.25, -0.2) is 0 Å². The first-order valence-electron chi connectivity index (χ1n) is 9.50. The van der Waals surface area contributed by atoms with Crippen LogP contribution in [0.4, 0.5) is 5.69 Å². The van der Waals surface area contributed by atoms with Gasteiger partial charge in [0.2, 0.25) is 5.91 Å². The molecule has 3 rings (SSSR count). The molecule has 0 aliphatic carbocycles. The highest BCUT2D eigenvalue weighted by atomic mass is 16.5. The Hall–Kier alpha value is -2.17. The molecule has 1 N–H and O–H groups in total. The molecule has 1 saturated heterocycles. The number of carbonyl (C=O) groups excluding carboxylic acids is 1. The molecule has 4 nitrogen and oxygen atoms in total. The van der Waals surface area contributed by atoms with Crippen molar-refractivity contribution >= 4 is 11.6 Å². The second-order valence-electron chi connectivity index (χ2n) is 6.85. The largest absolute Gasteiger partial charge is 0.377 e. The number of carbonyl (C=O) groups is 1. The predicted octanol–water partition coefficient (Wildman–Crippen LogP) is 3.87. The third-order valence-corrected chi connectivity index (χ3v) is 4.77. The molecule has 1 aliphatic rings. The number of nitrogens with one attached hydrogen (secondary N) is 1. The summed E-state index contributed by atoms with van der Waals surface area (Å²) >= 11 is 0. The Morgan fingerprint density at radius 1 is 1.15 bits per heavy atom. The number of anilines is 1. The van der Waals surface area contributed by atoms with Crippen LogP contribution in [0.25, 0.3) is 0 Å². The van der Waals surface area contributed by atoms with Gasteiger partial charge < -0.3 is 10.1 Å². The molecule has 1 unspecified atom stereocenters. The van der Waals surface area contributed by atoms with E-state index in [-0.39, 0.29) is 12.0 Å². The van der Waals surface area contributed by atoms with Crippen LogP contribution in [-0.2, 0) is 22.5 Å². The summed E-state index contributed by atoms with van der Waals surface area (Å²) in [7, 11) is 0. The molecule has 1 aliphatic heterocycles. The first-order valence-corrected chi connectivity index (χ1v) is 9.50. The summed E-state index contributed by atoms with van der Waals surface area (Å²) in [5.41, 5.74) is 3.29. The van der Waals surface area contributed by atoms with Crippen molar-refractivity contribution in [3.8, 4) is 0 Å². The van der Waals surface area contributed by atoms with Gasteiger partial charge in [-0.3, -0.25) is 9.69 Å². The van der Waals surface area contributed by atoms with Gasteiger partial charge in [-0.2, -0.15) is 0 Å². The van der Waals surface area contributed by atoms with Crippen LogP contribution in [0.3, 0.4) is 0 Å². The van der Waals surface area contributed by atoms with Crippen molar-refractivity contribution in [3.05, 3.63) is 65.7 Å². The third kappa shape index (κ3) is 5.41. The fourth-order valence-electron chi connectivity index (χ4n) is 3.45. The van der Waals surface area contributed by atoms with E-state index in [1.807, 2.05) is 36.4 Å². The van der Waals surface area contributed by atoms with Crippen LogP contribution in [0.1, 0.15) is 30.9 Å². The molecule has 0 radical (unpaired) electrons. The topological polar surface area (TPSA) is 41.6 Å². The van der Waals surface area contributed by atoms with Crippen molar-refractivity contribution in [2.45, 2.75) is 38.8 Å². The quantitative estimate of drug-likeness (QED) is 0.784. The number of hydrogen-bond donors (Lipinski definition) is 1. The van der Waals surface area contributed by atoms with E-state index >= 15 is 0 Å². The zero-order chi connectivity index (χ0) is 18.2. The van der Waals surface area contributed by atoms with Crippen LogP contribution in [0, 0.1) is 0 Å². The SMILES string of the molecule is CCc1ccccc1NC(=O)CN(Cc1ccccc1)CC1CCCO1. The lowest BCUT2D eigenvalue weighted by molar-refractivity contribution is -0.117. The van der Waals surface area contributed by atoms with Crippen molar-refractivity contribution in [1.29, 1.82) is 0 Å². The molecular formula is C22H28N2O2. The summed E-state index contributed by atoms with van der Waals surface area (Å²) < 4.78 is 5.78. The lowest BCUT2D eigenvalue weighted by Gasteiger charge is -2.25. The van der Waals surface area contributed by atoms with Gasteiger partial charge in [0.15, 0.2) is 0 Å². The molecular weight excluding hydrogens is 324 g/mol. The Morgan fingerprint density at radius 3 is 2.65 bits per heavy atom. The fourth-order valence-corrected chi connectivity index (χ4v) is 3.45. The van der Waals surface area contributed by atoms with E-state index in [0.29, 0.717) is 6.54 Å². The number of benzene rings is 2. The molecule has 26 heavy (non-hydrogen) atoms. The first-order chi connectivity index (χ1) is 12.7. The average molecular weight is 352 g/mol. The van der Waals surface area contributed by atoms with Gasteiger partial charge in [0, 0.05) is 25.4 Å². The van der Waals surface area contributed by atoms with Gasteiger partial charge in [-0.15, -0.1) is 0 Å². The van der Waals surface area contributed by atoms with Gasteiger partial charge in [-0.05, 0) is 36.5 Å². The molecule has 2 aromatic rings. The summed E-state index contributed by atoms with van der Waals surface area (Å²) in [5, 5.41) is 3.08. The number of nitrogens with zero attached hydrogens (tertiary/aromatic N) is 1. The highest BCUT2D eigenvalue weighted by Crippen LogP contribution is 2.17. The Labute approximate surface area is 156 Å². The fraction of sp³-hybridized carbons (Fsp3) is 0.409. The summed E-state index contributed by atoms with van der Waals surface area (Å²) in [6.45, 7) is 4.85. The number of para-hydroxylation sites is 1. The van der Waals surface area contributed by atoms with Gasteiger partial charge in [0.1, 0.15) is 0 Å². The highest BCUT2D eigenvalue weighted by Gasteiger charge is 2.21. The smallest absolute Gasteiger partial charge is 0.238 e. The third-order valence-electron chi connectivity index (χ3n) is 4.77. The maximum atomic E-state index is 12.7. The summed E-state index contributed by atoms with van der Waals surface area (Å²) in [6, 6.07) is 18.3. The van der Waals surface area contributed by atoms with Crippen LogP contribution in [-0.4, -0.2) is 36.6 Å². The molecule has 0 bridgehead atoms. The van der Waals surface area contributed by atoms with E-state index in [1.54, 1.807) is 0 Å². The van der Waals surface area contributed by atoms with Crippen molar-refractivity contribution < 1.29 is 9.53 Å². The van der Waals surface area contributed by atoms with Crippen LogP contribution in [0.2, 0.25) is 0 Å². The molecule has 1 amide bonds. The Morgan fingerprint density at radius 2 is 1.92 bits per heavy atom. The van der Waals surface area contributed by atoms with E-state index in [4.69, 9.17) is 4.74 Å². The molecule has 1 fully saturated rings. The summed E-state index contributed by atoms with van der Waals surface area (Å²) in [5.74, 6) is 0.0276. The summed E-state index contributed by atoms with van der Waals surface area (Å²) in [4.78, 5) is 14.9. The lowest BCUT2D eigenvalue weighted by atomic mass is 10.1. The number of rotatable bonds is 8. The van der Waals surface area contributed by atoms with Crippen molar-refractivity contribution in [1.82, 2.24) is 4.90 Å². The van der Waals surface area contributed by atoms with Crippen LogP contribution in [0.5, 0.6) is 0 Å². The molecule has 4 heteroatoms. The second-order valence-corrected chi connectivity index (χ2v) is 6.85. The van der Waals surface area contributed by atoms with E-state index < -0.39 is 0 Å². The molecule has 2 aromatic carbocycles. The average Bonchev–Trinajstić information content (AvgIpc) is 3.16. The number of amides is 1. The number of hydrogen-bond acceptors (Lipinski definition) is 3. The van der Waals surface area contributed by atoms with Crippen molar-refractivity contribution in [2.75, 3.05) is 25.0 Å². The Kier molecular flexibility index (Phi) is 6.81. The molecule has 138 valence electrons. The second kappa shape index (κ2) is 9.51. The normalized spacial score (nSPS) is 16.8. The van der Waals surface area contributed by atoms with Gasteiger partial charge in [0.05, 0.1) is 12.6 Å². The minimum absolute atomic E-state index is 0.0276. The Bertz CT molecular complexity index is 696. The zero-order valence-corrected chi connectivity index (χ0v) is 15.5. The van der Waals surface area contributed by atoms with Gasteiger partial charge in [0.25, 0.3) is 0 Å². The van der Waals surface area contributed by atoms with E-state index in [1.165, 1.54) is 5.56 Å². The number of ether oxygens (including phenoxy) is 1. The standard InChI is InChI=1S/C22H28N2O2/c1-2-19-11-6-7-13-21(19)23-22(25)17-24(16-20-12-8-14-26-20)15-18-9-4-3-5-10-18/h3-7,9-11,13,20H,2,8,12,14-17H2,1H3,(H,23,25). The molecule has 0 spiro atoms. The van der Waals surface area contributed by atoms with Crippen LogP contribution < -0.4 is 5.32 Å². The Balaban J connectivity index is 1.64. The van der Waals surface area contributed by atoms with Crippen LogP contribution in [0.15, 0.2) is 54.6 Å². The first kappa shape index (κ1) is 18.6.